The zero-order chi connectivity index (χ0) is 24.5. The quantitative estimate of drug-likeness (QED) is 0.362. The highest BCUT2D eigenvalue weighted by Crippen LogP contribution is 2.26. The van der Waals surface area contributed by atoms with Crippen LogP contribution in [0.15, 0.2) is 51.7 Å². The molecule has 1 aromatic carbocycles. The molecule has 0 saturated heterocycles. The average Bonchev–Trinajstić information content (AvgIpc) is 2.77. The maximum atomic E-state index is 11.6. The Bertz CT molecular complexity index is 1160. The van der Waals surface area contributed by atoms with Gasteiger partial charge in [-0.15, -0.1) is 0 Å². The molecule has 2 heterocycles. The number of ketones is 2. The topological polar surface area (TPSA) is 116 Å². The van der Waals surface area contributed by atoms with Gasteiger partial charge in [0, 0.05) is 53.4 Å². The Hall–Kier alpha value is -2.98. The molecule has 0 amide bonds. The van der Waals surface area contributed by atoms with Crippen molar-refractivity contribution in [3.63, 3.8) is 0 Å². The van der Waals surface area contributed by atoms with Crippen LogP contribution in [0.3, 0.4) is 0 Å². The third kappa shape index (κ3) is 7.54. The maximum Gasteiger partial charge on any atom is 0.180 e. The summed E-state index contributed by atoms with van der Waals surface area (Å²) in [6.45, 7) is 3.44. The number of anilines is 2. The van der Waals surface area contributed by atoms with Crippen LogP contribution in [0.5, 0.6) is 11.5 Å². The Kier molecular flexibility index (Phi) is 9.80. The van der Waals surface area contributed by atoms with E-state index >= 15 is 0 Å². The lowest BCUT2D eigenvalue weighted by atomic mass is 10.1. The molecule has 0 unspecified atom stereocenters. The molecule has 3 aromatic rings. The smallest absolute Gasteiger partial charge is 0.180 e. The number of aromatic nitrogens is 2. The number of hydrogen-bond acceptors (Lipinski definition) is 8. The highest BCUT2D eigenvalue weighted by molar-refractivity contribution is 9.10. The van der Waals surface area contributed by atoms with Gasteiger partial charge < -0.3 is 20.5 Å². The van der Waals surface area contributed by atoms with Crippen molar-refractivity contribution in [1.82, 2.24) is 9.97 Å². The molecule has 0 radical (unpaired) electrons. The van der Waals surface area contributed by atoms with E-state index < -0.39 is 0 Å². The number of carbonyl (C=O) groups excluding carboxylic acids is 2. The molecule has 0 atom stereocenters. The first-order chi connectivity index (χ1) is 15.7. The van der Waals surface area contributed by atoms with Gasteiger partial charge in [0.05, 0.1) is 25.6 Å². The number of nitrogens with two attached hydrogens (primary N) is 1. The third-order valence-corrected chi connectivity index (χ3v) is 5.24. The number of Topliss-reactive ketones (excluding diaryl/α,β-unsaturated/α-hetero) is 2. The van der Waals surface area contributed by atoms with Gasteiger partial charge in [-0.1, -0.05) is 0 Å². The van der Waals surface area contributed by atoms with E-state index in [2.05, 4.69) is 47.1 Å². The Morgan fingerprint density at radius 1 is 0.939 bits per heavy atom. The fraction of sp³-hybridized carbons (Fsp3) is 0.217. The van der Waals surface area contributed by atoms with Crippen LogP contribution < -0.4 is 20.5 Å². The first-order valence-corrected chi connectivity index (χ1v) is 11.3. The third-order valence-electron chi connectivity index (χ3n) is 4.37. The molecule has 174 valence electrons. The molecule has 0 fully saturated rings. The van der Waals surface area contributed by atoms with E-state index in [1.54, 1.807) is 32.7 Å². The molecule has 0 bridgehead atoms. The number of carbonyl (C=O) groups is 2. The first-order valence-electron chi connectivity index (χ1n) is 9.69. The highest BCUT2D eigenvalue weighted by Gasteiger charge is 2.11. The summed E-state index contributed by atoms with van der Waals surface area (Å²) in [6, 6.07) is 9.10. The number of nitrogen functional groups attached to an aromatic ring is 1. The lowest BCUT2D eigenvalue weighted by molar-refractivity contribution is 0.100. The fourth-order valence-electron chi connectivity index (χ4n) is 2.79. The molecule has 10 heteroatoms. The zero-order valence-corrected chi connectivity index (χ0v) is 21.8. The van der Waals surface area contributed by atoms with Crippen LogP contribution in [0, 0.1) is 0 Å². The molecule has 3 rings (SSSR count). The molecule has 2 aromatic heterocycles. The van der Waals surface area contributed by atoms with Gasteiger partial charge in [0.15, 0.2) is 11.6 Å². The van der Waals surface area contributed by atoms with Gasteiger partial charge in [-0.25, -0.2) is 9.97 Å². The molecular weight excluding hydrogens is 556 g/mol. The van der Waals surface area contributed by atoms with Crippen molar-refractivity contribution in [1.29, 1.82) is 0 Å². The number of hydrogen-bond donors (Lipinski definition) is 2. The Morgan fingerprint density at radius 2 is 1.55 bits per heavy atom. The van der Waals surface area contributed by atoms with Crippen molar-refractivity contribution in [2.24, 2.45) is 0 Å². The standard InChI is InChI=1S/C16H17BrN2O3.C7H7BrN2O/c1-10(20)16-14(6-12(17)9-19-16)18-8-11-4-5-13(21-2)7-15(11)22-3;1-4(11)7-6(9)2-5(8)3-10-7/h4-7,9,18H,8H2,1-3H3;2-3H,9H2,1H3. The summed E-state index contributed by atoms with van der Waals surface area (Å²) >= 11 is 6.56. The summed E-state index contributed by atoms with van der Waals surface area (Å²) in [6.07, 6.45) is 3.16. The van der Waals surface area contributed by atoms with E-state index in [0.717, 1.165) is 26.0 Å². The predicted molar refractivity (Wildman–Crippen MR) is 135 cm³/mol. The molecule has 0 saturated carbocycles. The summed E-state index contributed by atoms with van der Waals surface area (Å²) < 4.78 is 12.1. The fourth-order valence-corrected chi connectivity index (χ4v) is 3.47. The summed E-state index contributed by atoms with van der Waals surface area (Å²) in [5.41, 5.74) is 8.29. The van der Waals surface area contributed by atoms with E-state index in [-0.39, 0.29) is 11.6 Å². The number of methoxy groups -OCH3 is 2. The molecule has 0 spiro atoms. The second kappa shape index (κ2) is 12.3. The summed E-state index contributed by atoms with van der Waals surface area (Å²) in [7, 11) is 3.22. The highest BCUT2D eigenvalue weighted by atomic mass is 79.9. The van der Waals surface area contributed by atoms with E-state index in [4.69, 9.17) is 15.2 Å². The molecule has 0 aliphatic heterocycles. The van der Waals surface area contributed by atoms with Crippen molar-refractivity contribution >= 4 is 54.8 Å². The van der Waals surface area contributed by atoms with E-state index in [1.807, 2.05) is 24.3 Å². The summed E-state index contributed by atoms with van der Waals surface area (Å²) in [5, 5.41) is 3.23. The lowest BCUT2D eigenvalue weighted by Gasteiger charge is -2.13. The van der Waals surface area contributed by atoms with E-state index in [1.165, 1.54) is 13.8 Å². The minimum Gasteiger partial charge on any atom is -0.497 e. The number of nitrogens with zero attached hydrogens (tertiary/aromatic N) is 2. The second-order valence-electron chi connectivity index (χ2n) is 6.78. The number of pyridine rings is 2. The van der Waals surface area contributed by atoms with Gasteiger partial charge in [0.25, 0.3) is 0 Å². The molecule has 0 aliphatic carbocycles. The van der Waals surface area contributed by atoms with Gasteiger partial charge in [0.2, 0.25) is 0 Å². The number of benzene rings is 1. The summed E-state index contributed by atoms with van der Waals surface area (Å²) in [4.78, 5) is 30.5. The monoisotopic (exact) mass is 578 g/mol. The molecular formula is C23H24Br2N4O4. The average molecular weight is 580 g/mol. The number of rotatable bonds is 7. The second-order valence-corrected chi connectivity index (χ2v) is 8.62. The molecule has 33 heavy (non-hydrogen) atoms. The lowest BCUT2D eigenvalue weighted by Crippen LogP contribution is -2.08. The molecule has 3 N–H and O–H groups in total. The van der Waals surface area contributed by atoms with Gasteiger partial charge in [-0.05, 0) is 56.1 Å². The van der Waals surface area contributed by atoms with Crippen LogP contribution in [0.2, 0.25) is 0 Å². The van der Waals surface area contributed by atoms with E-state index in [9.17, 15) is 9.59 Å². The first kappa shape index (κ1) is 26.3. The minimum atomic E-state index is -0.116. The normalized spacial score (nSPS) is 10.0. The van der Waals surface area contributed by atoms with E-state index in [0.29, 0.717) is 29.3 Å². The number of halogens is 2. The predicted octanol–water partition coefficient (Wildman–Crippen LogP) is 5.30. The van der Waals surface area contributed by atoms with Crippen molar-refractivity contribution in [3.05, 3.63) is 68.6 Å². The van der Waals surface area contributed by atoms with Crippen molar-refractivity contribution in [2.75, 3.05) is 25.3 Å². The van der Waals surface area contributed by atoms with Crippen LogP contribution in [0.25, 0.3) is 0 Å². The minimum absolute atomic E-state index is 0.0864. The summed E-state index contributed by atoms with van der Waals surface area (Å²) in [5.74, 6) is 1.25. The van der Waals surface area contributed by atoms with Gasteiger partial charge in [-0.2, -0.15) is 0 Å². The van der Waals surface area contributed by atoms with Gasteiger partial charge in [0.1, 0.15) is 22.9 Å². The van der Waals surface area contributed by atoms with Gasteiger partial charge in [-0.3, -0.25) is 9.59 Å². The Labute approximate surface area is 209 Å². The van der Waals surface area contributed by atoms with Crippen LogP contribution in [-0.4, -0.2) is 35.8 Å². The molecule has 0 aliphatic rings. The van der Waals surface area contributed by atoms with Crippen molar-refractivity contribution in [2.45, 2.75) is 20.4 Å². The number of nitrogens with one attached hydrogen (secondary N) is 1. The van der Waals surface area contributed by atoms with Crippen LogP contribution in [0.4, 0.5) is 11.4 Å². The van der Waals surface area contributed by atoms with Crippen LogP contribution >= 0.6 is 31.9 Å². The zero-order valence-electron chi connectivity index (χ0n) is 18.6. The maximum absolute atomic E-state index is 11.6. The van der Waals surface area contributed by atoms with Crippen molar-refractivity contribution in [3.8, 4) is 11.5 Å². The largest absolute Gasteiger partial charge is 0.497 e. The van der Waals surface area contributed by atoms with Gasteiger partial charge >= 0.3 is 0 Å². The number of ether oxygens (including phenoxy) is 2. The van der Waals surface area contributed by atoms with Crippen molar-refractivity contribution < 1.29 is 19.1 Å². The van der Waals surface area contributed by atoms with Crippen LogP contribution in [0.1, 0.15) is 40.4 Å². The van der Waals surface area contributed by atoms with Crippen LogP contribution in [-0.2, 0) is 6.54 Å². The Balaban J connectivity index is 0.000000294. The Morgan fingerprint density at radius 3 is 2.09 bits per heavy atom. The molecule has 8 nitrogen and oxygen atoms in total. The SMILES string of the molecule is CC(=O)c1ncc(Br)cc1N.COc1ccc(CNc2cc(Br)cnc2C(C)=O)c(OC)c1.